The molecule has 0 bridgehead atoms. The molecule has 0 saturated heterocycles. The van der Waals surface area contributed by atoms with Crippen LogP contribution in [0.15, 0.2) is 29.7 Å². The smallest absolute Gasteiger partial charge is 0.136 e. The minimum absolute atomic E-state index is 0.169. The van der Waals surface area contributed by atoms with Gasteiger partial charge in [0.05, 0.1) is 11.9 Å². The minimum Gasteiger partial charge on any atom is -0.302 e. The third kappa shape index (κ3) is 1.75. The second kappa shape index (κ2) is 3.81. The Hall–Kier alpha value is -1.71. The van der Waals surface area contributed by atoms with Crippen molar-refractivity contribution in [1.29, 1.82) is 0 Å². The molecule has 0 amide bonds. The SMILES string of the molecule is CC(C)c1ccc2ncc(CN=O)n2c1. The van der Waals surface area contributed by atoms with Crippen LogP contribution in [0.1, 0.15) is 31.0 Å². The highest BCUT2D eigenvalue weighted by Gasteiger charge is 2.05. The number of hydrogen-bond acceptors (Lipinski definition) is 3. The molecule has 0 atom stereocenters. The summed E-state index contributed by atoms with van der Waals surface area (Å²) >= 11 is 0. The third-order valence-corrected chi connectivity index (χ3v) is 2.50. The Bertz CT molecular complexity index is 488. The van der Waals surface area contributed by atoms with Crippen LogP contribution in [0.25, 0.3) is 5.65 Å². The zero-order chi connectivity index (χ0) is 10.8. The summed E-state index contributed by atoms with van der Waals surface area (Å²) in [6, 6.07) is 4.02. The molecule has 0 spiro atoms. The molecule has 0 saturated carbocycles. The Morgan fingerprint density at radius 3 is 2.93 bits per heavy atom. The van der Waals surface area contributed by atoms with Crippen LogP contribution in [0.3, 0.4) is 0 Å². The van der Waals surface area contributed by atoms with Crippen molar-refractivity contribution in [2.24, 2.45) is 5.18 Å². The van der Waals surface area contributed by atoms with Gasteiger partial charge in [-0.25, -0.2) is 4.98 Å². The maximum atomic E-state index is 10.2. The second-order valence-electron chi connectivity index (χ2n) is 3.88. The average molecular weight is 203 g/mol. The fraction of sp³-hybridized carbons (Fsp3) is 0.364. The van der Waals surface area contributed by atoms with Gasteiger partial charge in [-0.1, -0.05) is 25.1 Å². The number of hydrogen-bond donors (Lipinski definition) is 0. The molecular weight excluding hydrogens is 190 g/mol. The first-order valence-corrected chi connectivity index (χ1v) is 4.97. The van der Waals surface area contributed by atoms with E-state index in [0.29, 0.717) is 5.92 Å². The molecule has 0 unspecified atom stereocenters. The summed E-state index contributed by atoms with van der Waals surface area (Å²) in [5, 5.41) is 2.89. The molecule has 4 nitrogen and oxygen atoms in total. The van der Waals surface area contributed by atoms with Gasteiger partial charge in [0.25, 0.3) is 0 Å². The number of imidazole rings is 1. The Kier molecular flexibility index (Phi) is 2.49. The van der Waals surface area contributed by atoms with Crippen LogP contribution in [-0.2, 0) is 6.54 Å². The van der Waals surface area contributed by atoms with E-state index in [0.717, 1.165) is 11.3 Å². The molecule has 0 N–H and O–H groups in total. The van der Waals surface area contributed by atoms with Gasteiger partial charge in [0.1, 0.15) is 12.2 Å². The lowest BCUT2D eigenvalue weighted by Gasteiger charge is -2.06. The molecule has 78 valence electrons. The van der Waals surface area contributed by atoms with Crippen LogP contribution in [0.5, 0.6) is 0 Å². The predicted molar refractivity (Wildman–Crippen MR) is 58.8 cm³/mol. The highest BCUT2D eigenvalue weighted by atomic mass is 16.3. The number of aromatic nitrogens is 2. The largest absolute Gasteiger partial charge is 0.302 e. The zero-order valence-corrected chi connectivity index (χ0v) is 8.84. The maximum Gasteiger partial charge on any atom is 0.136 e. The summed E-state index contributed by atoms with van der Waals surface area (Å²) in [6.07, 6.45) is 3.72. The molecule has 0 radical (unpaired) electrons. The second-order valence-corrected chi connectivity index (χ2v) is 3.88. The van der Waals surface area contributed by atoms with Gasteiger partial charge in [0.2, 0.25) is 0 Å². The van der Waals surface area contributed by atoms with Crippen LogP contribution in [0.2, 0.25) is 0 Å². The Balaban J connectivity index is 2.56. The van der Waals surface area contributed by atoms with E-state index in [4.69, 9.17) is 0 Å². The van der Waals surface area contributed by atoms with Gasteiger partial charge in [-0.05, 0) is 17.5 Å². The minimum atomic E-state index is 0.169. The molecule has 0 aromatic carbocycles. The maximum absolute atomic E-state index is 10.2. The molecule has 0 aliphatic carbocycles. The van der Waals surface area contributed by atoms with E-state index in [1.54, 1.807) is 6.20 Å². The van der Waals surface area contributed by atoms with E-state index < -0.39 is 0 Å². The predicted octanol–water partition coefficient (Wildman–Crippen LogP) is 2.72. The van der Waals surface area contributed by atoms with Gasteiger partial charge in [0, 0.05) is 6.20 Å². The molecule has 0 aliphatic heterocycles. The van der Waals surface area contributed by atoms with E-state index >= 15 is 0 Å². The number of rotatable bonds is 3. The molecule has 15 heavy (non-hydrogen) atoms. The van der Waals surface area contributed by atoms with E-state index in [1.165, 1.54) is 5.56 Å². The summed E-state index contributed by atoms with van der Waals surface area (Å²) in [6.45, 7) is 4.44. The fourth-order valence-electron chi connectivity index (χ4n) is 1.57. The normalized spacial score (nSPS) is 11.1. The van der Waals surface area contributed by atoms with E-state index in [1.807, 2.05) is 16.7 Å². The standard InChI is InChI=1S/C11H13N3O/c1-8(2)9-3-4-11-12-5-10(6-13-15)14(11)7-9/h3-5,7-8H,6H2,1-2H3. The molecule has 0 aliphatic rings. The van der Waals surface area contributed by atoms with E-state index in [9.17, 15) is 4.91 Å². The fourth-order valence-corrected chi connectivity index (χ4v) is 1.57. The van der Waals surface area contributed by atoms with Gasteiger partial charge < -0.3 is 4.40 Å². The van der Waals surface area contributed by atoms with Crippen molar-refractivity contribution in [3.8, 4) is 0 Å². The first kappa shape index (κ1) is 9.83. The van der Waals surface area contributed by atoms with Gasteiger partial charge >= 0.3 is 0 Å². The van der Waals surface area contributed by atoms with Crippen molar-refractivity contribution >= 4 is 5.65 Å². The van der Waals surface area contributed by atoms with Gasteiger partial charge in [-0.15, -0.1) is 0 Å². The average Bonchev–Trinajstić information content (AvgIpc) is 2.61. The van der Waals surface area contributed by atoms with Crippen LogP contribution in [0.4, 0.5) is 0 Å². The van der Waals surface area contributed by atoms with E-state index in [-0.39, 0.29) is 6.54 Å². The Morgan fingerprint density at radius 1 is 1.47 bits per heavy atom. The molecular formula is C11H13N3O. The van der Waals surface area contributed by atoms with Crippen LogP contribution >= 0.6 is 0 Å². The third-order valence-electron chi connectivity index (χ3n) is 2.50. The zero-order valence-electron chi connectivity index (χ0n) is 8.84. The van der Waals surface area contributed by atoms with E-state index in [2.05, 4.69) is 30.1 Å². The summed E-state index contributed by atoms with van der Waals surface area (Å²) in [5.74, 6) is 0.467. The molecule has 0 fully saturated rings. The van der Waals surface area contributed by atoms with Crippen molar-refractivity contribution in [2.45, 2.75) is 26.3 Å². The molecule has 2 rings (SSSR count). The highest BCUT2D eigenvalue weighted by molar-refractivity contribution is 5.42. The van der Waals surface area contributed by atoms with Crippen molar-refractivity contribution in [1.82, 2.24) is 9.38 Å². The first-order chi connectivity index (χ1) is 7.22. The summed E-state index contributed by atoms with van der Waals surface area (Å²) in [5.41, 5.74) is 2.92. The van der Waals surface area contributed by atoms with Crippen molar-refractivity contribution in [3.63, 3.8) is 0 Å². The number of pyridine rings is 1. The molecule has 2 heterocycles. The quantitative estimate of drug-likeness (QED) is 0.720. The van der Waals surface area contributed by atoms with Crippen molar-refractivity contribution < 1.29 is 0 Å². The molecule has 2 aromatic rings. The lowest BCUT2D eigenvalue weighted by molar-refractivity contribution is 0.844. The molecule has 4 heteroatoms. The topological polar surface area (TPSA) is 46.7 Å². The first-order valence-electron chi connectivity index (χ1n) is 4.97. The lowest BCUT2D eigenvalue weighted by Crippen LogP contribution is -1.95. The summed E-state index contributed by atoms with van der Waals surface area (Å²) in [4.78, 5) is 14.4. The number of nitroso groups, excluding NO2 is 1. The van der Waals surface area contributed by atoms with Crippen LogP contribution in [-0.4, -0.2) is 9.38 Å². The van der Waals surface area contributed by atoms with Gasteiger partial charge in [-0.2, -0.15) is 4.91 Å². The lowest BCUT2D eigenvalue weighted by atomic mass is 10.1. The number of fused-ring (bicyclic) bond motifs is 1. The van der Waals surface area contributed by atoms with Gasteiger partial charge in [-0.3, -0.25) is 0 Å². The summed E-state index contributed by atoms with van der Waals surface area (Å²) in [7, 11) is 0. The van der Waals surface area contributed by atoms with Crippen LogP contribution < -0.4 is 0 Å². The summed E-state index contributed by atoms with van der Waals surface area (Å²) < 4.78 is 1.93. The van der Waals surface area contributed by atoms with Gasteiger partial charge in [0.15, 0.2) is 0 Å². The highest BCUT2D eigenvalue weighted by Crippen LogP contribution is 2.16. The number of nitrogens with zero attached hydrogens (tertiary/aromatic N) is 3. The van der Waals surface area contributed by atoms with Crippen molar-refractivity contribution in [3.05, 3.63) is 40.7 Å². The Labute approximate surface area is 87.9 Å². The monoisotopic (exact) mass is 203 g/mol. The molecule has 2 aromatic heterocycles. The van der Waals surface area contributed by atoms with Crippen LogP contribution in [0, 0.1) is 4.91 Å². The Morgan fingerprint density at radius 2 is 2.27 bits per heavy atom. The van der Waals surface area contributed by atoms with Crippen molar-refractivity contribution in [2.75, 3.05) is 0 Å².